The number of Topliss-reactive ketones (excluding diaryl/α,β-unsaturated/α-hetero) is 1. The molecular weight excluding hydrogens is 148 g/mol. The number of esters is 1. The van der Waals surface area contributed by atoms with E-state index in [0.29, 0.717) is 0 Å². The van der Waals surface area contributed by atoms with Crippen molar-refractivity contribution in [1.29, 1.82) is 0 Å². The predicted molar refractivity (Wildman–Crippen MR) is 36.8 cm³/mol. The molecule has 0 aromatic carbocycles. The summed E-state index contributed by atoms with van der Waals surface area (Å²) in [6, 6.07) is 0. The molecule has 0 aliphatic heterocycles. The zero-order valence-corrected chi connectivity index (χ0v) is 6.12. The topological polar surface area (TPSA) is 60.4 Å². The highest BCUT2D eigenvalue weighted by molar-refractivity contribution is 6.25. The second kappa shape index (κ2) is 4.38. The number of ketones is 1. The standard InChI is InChI=1S/C7H8O4/c1-5(2)7(10)11-4-6(9)3-8/h3H,1,4H2,2H3. The Balaban J connectivity index is 3.71. The van der Waals surface area contributed by atoms with Crippen LogP contribution in [0.15, 0.2) is 12.2 Å². The normalized spacial score (nSPS) is 8.45. The Morgan fingerprint density at radius 3 is 2.45 bits per heavy atom. The number of aldehydes is 1. The first kappa shape index (κ1) is 9.55. The van der Waals surface area contributed by atoms with Gasteiger partial charge in [-0.2, -0.15) is 0 Å². The SMILES string of the molecule is C=C(C)C(=O)OCC(=O)C=O. The molecule has 0 bridgehead atoms. The fourth-order valence-corrected chi connectivity index (χ4v) is 0.294. The minimum Gasteiger partial charge on any atom is -0.454 e. The van der Waals surface area contributed by atoms with E-state index < -0.39 is 18.4 Å². The predicted octanol–water partition coefficient (Wildman–Crippen LogP) is -0.126. The number of hydrogen-bond acceptors (Lipinski definition) is 4. The van der Waals surface area contributed by atoms with Gasteiger partial charge in [0.25, 0.3) is 0 Å². The summed E-state index contributed by atoms with van der Waals surface area (Å²) in [7, 11) is 0. The monoisotopic (exact) mass is 156 g/mol. The molecule has 0 aliphatic rings. The quantitative estimate of drug-likeness (QED) is 0.246. The Morgan fingerprint density at radius 1 is 1.55 bits per heavy atom. The fraction of sp³-hybridized carbons (Fsp3) is 0.286. The Labute approximate surface area is 63.8 Å². The number of ether oxygens (including phenoxy) is 1. The van der Waals surface area contributed by atoms with Gasteiger partial charge in [-0.3, -0.25) is 9.59 Å². The Hall–Kier alpha value is -1.45. The van der Waals surface area contributed by atoms with Crippen LogP contribution in [0.1, 0.15) is 6.92 Å². The van der Waals surface area contributed by atoms with E-state index in [-0.39, 0.29) is 11.9 Å². The molecule has 0 aromatic rings. The molecule has 4 heteroatoms. The highest BCUT2D eigenvalue weighted by Crippen LogP contribution is 1.90. The van der Waals surface area contributed by atoms with Crippen molar-refractivity contribution in [2.75, 3.05) is 6.61 Å². The van der Waals surface area contributed by atoms with Gasteiger partial charge in [-0.25, -0.2) is 4.79 Å². The first-order chi connectivity index (χ1) is 5.07. The van der Waals surface area contributed by atoms with Crippen molar-refractivity contribution in [1.82, 2.24) is 0 Å². The van der Waals surface area contributed by atoms with Gasteiger partial charge < -0.3 is 4.74 Å². The molecule has 0 heterocycles. The molecule has 60 valence electrons. The average molecular weight is 156 g/mol. The maximum absolute atomic E-state index is 10.6. The second-order valence-corrected chi connectivity index (χ2v) is 1.94. The molecule has 0 saturated carbocycles. The van der Waals surface area contributed by atoms with Gasteiger partial charge in [-0.15, -0.1) is 0 Å². The van der Waals surface area contributed by atoms with E-state index in [0.717, 1.165) is 0 Å². The molecule has 0 spiro atoms. The van der Waals surface area contributed by atoms with Gasteiger partial charge in [-0.1, -0.05) is 6.58 Å². The minimum absolute atomic E-state index is 0.103. The molecule has 0 N–H and O–H groups in total. The highest BCUT2D eigenvalue weighted by Gasteiger charge is 2.05. The second-order valence-electron chi connectivity index (χ2n) is 1.94. The minimum atomic E-state index is -0.764. The van der Waals surface area contributed by atoms with Crippen LogP contribution in [0, 0.1) is 0 Å². The van der Waals surface area contributed by atoms with Crippen LogP contribution in [-0.2, 0) is 19.1 Å². The van der Waals surface area contributed by atoms with E-state index in [1.807, 2.05) is 0 Å². The van der Waals surface area contributed by atoms with E-state index in [2.05, 4.69) is 11.3 Å². The van der Waals surface area contributed by atoms with Crippen LogP contribution in [0.5, 0.6) is 0 Å². The van der Waals surface area contributed by atoms with Gasteiger partial charge in [0.1, 0.15) is 0 Å². The molecule has 0 atom stereocenters. The summed E-state index contributed by atoms with van der Waals surface area (Å²) in [5.74, 6) is -1.43. The van der Waals surface area contributed by atoms with Gasteiger partial charge in [0.2, 0.25) is 5.78 Å². The summed E-state index contributed by atoms with van der Waals surface area (Å²) >= 11 is 0. The third-order valence-corrected chi connectivity index (χ3v) is 0.825. The molecule has 0 fully saturated rings. The van der Waals surface area contributed by atoms with Gasteiger partial charge >= 0.3 is 5.97 Å². The van der Waals surface area contributed by atoms with E-state index in [1.54, 1.807) is 0 Å². The lowest BCUT2D eigenvalue weighted by atomic mass is 10.4. The third kappa shape index (κ3) is 4.02. The molecule has 0 amide bonds. The molecule has 0 aliphatic carbocycles. The Bertz CT molecular complexity index is 204. The van der Waals surface area contributed by atoms with Crippen molar-refractivity contribution < 1.29 is 19.1 Å². The van der Waals surface area contributed by atoms with Crippen molar-refractivity contribution in [2.45, 2.75) is 6.92 Å². The third-order valence-electron chi connectivity index (χ3n) is 0.825. The zero-order valence-electron chi connectivity index (χ0n) is 6.12. The summed E-state index contributed by atoms with van der Waals surface area (Å²) in [6.07, 6.45) is 0.103. The molecule has 0 unspecified atom stereocenters. The highest BCUT2D eigenvalue weighted by atomic mass is 16.5. The first-order valence-corrected chi connectivity index (χ1v) is 2.88. The maximum Gasteiger partial charge on any atom is 0.333 e. The summed E-state index contributed by atoms with van der Waals surface area (Å²) in [6.45, 7) is 4.23. The summed E-state index contributed by atoms with van der Waals surface area (Å²) < 4.78 is 4.34. The summed E-state index contributed by atoms with van der Waals surface area (Å²) in [5, 5.41) is 0. The molecule has 0 radical (unpaired) electrons. The van der Waals surface area contributed by atoms with E-state index in [9.17, 15) is 14.4 Å². The Morgan fingerprint density at radius 2 is 2.09 bits per heavy atom. The van der Waals surface area contributed by atoms with Gasteiger partial charge in [0.15, 0.2) is 12.9 Å². The van der Waals surface area contributed by atoms with E-state index in [4.69, 9.17) is 0 Å². The number of carbonyl (C=O) groups excluding carboxylic acids is 3. The molecule has 4 nitrogen and oxygen atoms in total. The number of hydrogen-bond donors (Lipinski definition) is 0. The largest absolute Gasteiger partial charge is 0.454 e. The molecule has 0 aromatic heterocycles. The van der Waals surface area contributed by atoms with Crippen molar-refractivity contribution >= 4 is 18.0 Å². The number of rotatable bonds is 4. The zero-order chi connectivity index (χ0) is 8.85. The van der Waals surface area contributed by atoms with Crippen molar-refractivity contribution in [3.8, 4) is 0 Å². The van der Waals surface area contributed by atoms with Crippen LogP contribution in [0.3, 0.4) is 0 Å². The number of carbonyl (C=O) groups is 3. The van der Waals surface area contributed by atoms with Crippen molar-refractivity contribution in [2.24, 2.45) is 0 Å². The lowest BCUT2D eigenvalue weighted by molar-refractivity contribution is -0.145. The van der Waals surface area contributed by atoms with Gasteiger partial charge in [0.05, 0.1) is 0 Å². The van der Waals surface area contributed by atoms with Crippen LogP contribution >= 0.6 is 0 Å². The lowest BCUT2D eigenvalue weighted by Crippen LogP contribution is -2.14. The van der Waals surface area contributed by atoms with Crippen molar-refractivity contribution in [3.05, 3.63) is 12.2 Å². The molecule has 0 saturated heterocycles. The van der Waals surface area contributed by atoms with Crippen LogP contribution in [0.4, 0.5) is 0 Å². The van der Waals surface area contributed by atoms with Crippen LogP contribution in [0.25, 0.3) is 0 Å². The average Bonchev–Trinajstić information content (AvgIpc) is 1.99. The van der Waals surface area contributed by atoms with Crippen LogP contribution in [0.2, 0.25) is 0 Å². The molecular formula is C7H8O4. The smallest absolute Gasteiger partial charge is 0.333 e. The lowest BCUT2D eigenvalue weighted by Gasteiger charge is -1.98. The van der Waals surface area contributed by atoms with Crippen LogP contribution in [-0.4, -0.2) is 24.6 Å². The van der Waals surface area contributed by atoms with Crippen molar-refractivity contribution in [3.63, 3.8) is 0 Å². The van der Waals surface area contributed by atoms with Gasteiger partial charge in [0, 0.05) is 5.57 Å². The van der Waals surface area contributed by atoms with E-state index in [1.165, 1.54) is 6.92 Å². The molecule has 11 heavy (non-hydrogen) atoms. The summed E-state index contributed by atoms with van der Waals surface area (Å²) in [4.78, 5) is 30.6. The summed E-state index contributed by atoms with van der Waals surface area (Å²) in [5.41, 5.74) is 0.198. The molecule has 0 rings (SSSR count). The van der Waals surface area contributed by atoms with Gasteiger partial charge in [-0.05, 0) is 6.92 Å². The van der Waals surface area contributed by atoms with E-state index >= 15 is 0 Å². The fourth-order valence-electron chi connectivity index (χ4n) is 0.294. The van der Waals surface area contributed by atoms with Crippen LogP contribution < -0.4 is 0 Å². The first-order valence-electron chi connectivity index (χ1n) is 2.88. The maximum atomic E-state index is 10.6. The Kier molecular flexibility index (Phi) is 3.80.